The molecule has 0 saturated carbocycles. The average Bonchev–Trinajstić information content (AvgIpc) is 2.66. The van der Waals surface area contributed by atoms with E-state index in [1.54, 1.807) is 6.33 Å². The van der Waals surface area contributed by atoms with Gasteiger partial charge in [0.15, 0.2) is 0 Å². The van der Waals surface area contributed by atoms with Crippen LogP contribution < -0.4 is 10.1 Å². The zero-order valence-corrected chi connectivity index (χ0v) is 18.7. The van der Waals surface area contributed by atoms with Gasteiger partial charge in [-0.2, -0.15) is 0 Å². The van der Waals surface area contributed by atoms with Crippen molar-refractivity contribution >= 4 is 18.2 Å². The molecule has 0 atom stereocenters. The minimum Gasteiger partial charge on any atom is -0.491 e. The summed E-state index contributed by atoms with van der Waals surface area (Å²) in [6.07, 6.45) is 10.8. The molecule has 0 unspecified atom stereocenters. The van der Waals surface area contributed by atoms with Gasteiger partial charge in [-0.3, -0.25) is 0 Å². The lowest BCUT2D eigenvalue weighted by Gasteiger charge is -2.13. The first-order chi connectivity index (χ1) is 13.1. The van der Waals surface area contributed by atoms with Crippen LogP contribution in [-0.4, -0.2) is 23.1 Å². The number of halogens is 1. The number of ether oxygens (including phenoxy) is 1. The third-order valence-corrected chi connectivity index (χ3v) is 5.05. The fourth-order valence-electron chi connectivity index (χ4n) is 3.19. The van der Waals surface area contributed by atoms with Gasteiger partial charge in [0.05, 0.1) is 6.54 Å². The van der Waals surface area contributed by atoms with E-state index in [1.807, 2.05) is 13.8 Å². The number of hydrogen-bond acceptors (Lipinski definition) is 4. The maximum atomic E-state index is 5.95. The smallest absolute Gasteiger partial charge is 0.132 e. The average molecular weight is 406 g/mol. The van der Waals surface area contributed by atoms with Gasteiger partial charge >= 0.3 is 0 Å². The first-order valence-electron chi connectivity index (χ1n) is 10.4. The van der Waals surface area contributed by atoms with Gasteiger partial charge in [-0.25, -0.2) is 9.97 Å². The normalized spacial score (nSPS) is 10.4. The maximum absolute atomic E-state index is 5.95. The van der Waals surface area contributed by atoms with E-state index in [9.17, 15) is 0 Å². The van der Waals surface area contributed by atoms with Crippen LogP contribution in [0.3, 0.4) is 0 Å². The molecule has 1 aromatic heterocycles. The Morgan fingerprint density at radius 2 is 1.71 bits per heavy atom. The molecule has 0 aliphatic heterocycles. The van der Waals surface area contributed by atoms with Crippen LogP contribution in [0.4, 0.5) is 5.82 Å². The van der Waals surface area contributed by atoms with Crippen molar-refractivity contribution in [2.24, 2.45) is 0 Å². The second-order valence-corrected chi connectivity index (χ2v) is 7.33. The molecule has 1 heterocycles. The van der Waals surface area contributed by atoms with Gasteiger partial charge < -0.3 is 10.1 Å². The summed E-state index contributed by atoms with van der Waals surface area (Å²) in [5, 5.41) is 3.33. The zero-order chi connectivity index (χ0) is 19.5. The van der Waals surface area contributed by atoms with E-state index in [1.165, 1.54) is 56.1 Å². The van der Waals surface area contributed by atoms with Crippen LogP contribution in [0.2, 0.25) is 0 Å². The summed E-state index contributed by atoms with van der Waals surface area (Å²) in [6, 6.07) is 6.59. The summed E-state index contributed by atoms with van der Waals surface area (Å²) in [6.45, 7) is 9.75. The van der Waals surface area contributed by atoms with E-state index in [2.05, 4.69) is 47.3 Å². The Kier molecular flexibility index (Phi) is 11.6. The minimum absolute atomic E-state index is 0. The zero-order valence-electron chi connectivity index (χ0n) is 17.9. The molecule has 0 bridgehead atoms. The fourth-order valence-corrected chi connectivity index (χ4v) is 3.19. The number of nitrogens with one attached hydrogen (secondary N) is 1. The van der Waals surface area contributed by atoms with Gasteiger partial charge in [0.2, 0.25) is 0 Å². The first kappa shape index (κ1) is 24.2. The van der Waals surface area contributed by atoms with E-state index in [0.29, 0.717) is 6.61 Å². The second kappa shape index (κ2) is 13.4. The number of hydrogen-bond donors (Lipinski definition) is 1. The van der Waals surface area contributed by atoms with Crippen LogP contribution in [0.1, 0.15) is 67.8 Å². The minimum atomic E-state index is 0. The molecule has 0 spiro atoms. The predicted molar refractivity (Wildman–Crippen MR) is 121 cm³/mol. The van der Waals surface area contributed by atoms with Gasteiger partial charge in [0.1, 0.15) is 24.5 Å². The Bertz CT molecular complexity index is 706. The van der Waals surface area contributed by atoms with Crippen LogP contribution in [0.25, 0.3) is 0 Å². The van der Waals surface area contributed by atoms with Gasteiger partial charge in [0.25, 0.3) is 0 Å². The number of nitrogens with zero attached hydrogens (tertiary/aromatic N) is 2. The molecule has 0 aliphatic carbocycles. The van der Waals surface area contributed by atoms with Crippen molar-refractivity contribution in [2.45, 2.75) is 72.6 Å². The van der Waals surface area contributed by atoms with E-state index in [0.717, 1.165) is 29.4 Å². The van der Waals surface area contributed by atoms with Crippen LogP contribution in [0.15, 0.2) is 24.5 Å². The quantitative estimate of drug-likeness (QED) is 0.426. The summed E-state index contributed by atoms with van der Waals surface area (Å²) in [7, 11) is 0. The molecule has 0 radical (unpaired) electrons. The van der Waals surface area contributed by atoms with Gasteiger partial charge in [-0.15, -0.1) is 12.4 Å². The van der Waals surface area contributed by atoms with Crippen molar-refractivity contribution in [1.82, 2.24) is 9.97 Å². The predicted octanol–water partition coefficient (Wildman–Crippen LogP) is 6.22. The second-order valence-electron chi connectivity index (χ2n) is 7.33. The maximum Gasteiger partial charge on any atom is 0.132 e. The highest BCUT2D eigenvalue weighted by Gasteiger charge is 2.04. The van der Waals surface area contributed by atoms with E-state index in [4.69, 9.17) is 4.74 Å². The summed E-state index contributed by atoms with van der Waals surface area (Å²) in [5.41, 5.74) is 4.73. The molecule has 0 aliphatic rings. The molecule has 5 heteroatoms. The highest BCUT2D eigenvalue weighted by molar-refractivity contribution is 5.85. The summed E-state index contributed by atoms with van der Waals surface area (Å²) >= 11 is 0. The molecule has 2 aromatic rings. The number of rotatable bonds is 12. The number of unbranched alkanes of at least 4 members (excludes halogenated alkanes) is 5. The molecular weight excluding hydrogens is 370 g/mol. The summed E-state index contributed by atoms with van der Waals surface area (Å²) in [5.74, 6) is 1.86. The van der Waals surface area contributed by atoms with Crippen molar-refractivity contribution < 1.29 is 4.74 Å². The molecule has 28 heavy (non-hydrogen) atoms. The Balaban J connectivity index is 0.00000392. The Hall–Kier alpha value is -1.81. The molecule has 0 saturated heterocycles. The summed E-state index contributed by atoms with van der Waals surface area (Å²) < 4.78 is 5.95. The highest BCUT2D eigenvalue weighted by atomic mass is 35.5. The van der Waals surface area contributed by atoms with E-state index in [-0.39, 0.29) is 12.4 Å². The largest absolute Gasteiger partial charge is 0.491 e. The van der Waals surface area contributed by atoms with Crippen LogP contribution >= 0.6 is 12.4 Å². The SMILES string of the molecule is CCCCCCCCc1ccc(OCCNc2ncnc(C)c2C)c(C)c1.Cl. The summed E-state index contributed by atoms with van der Waals surface area (Å²) in [4.78, 5) is 8.48. The first-order valence-corrected chi connectivity index (χ1v) is 10.4. The molecule has 4 nitrogen and oxygen atoms in total. The molecule has 1 aromatic carbocycles. The Labute approximate surface area is 176 Å². The molecule has 0 amide bonds. The van der Waals surface area contributed by atoms with Crippen molar-refractivity contribution in [3.8, 4) is 5.75 Å². The van der Waals surface area contributed by atoms with Crippen molar-refractivity contribution in [3.05, 3.63) is 46.9 Å². The molecule has 1 N–H and O–H groups in total. The Morgan fingerprint density at radius 3 is 2.46 bits per heavy atom. The van der Waals surface area contributed by atoms with Crippen molar-refractivity contribution in [1.29, 1.82) is 0 Å². The van der Waals surface area contributed by atoms with Crippen LogP contribution in [0, 0.1) is 20.8 Å². The molecule has 156 valence electrons. The van der Waals surface area contributed by atoms with Gasteiger partial charge in [-0.05, 0) is 50.8 Å². The third kappa shape index (κ3) is 8.05. The molecular formula is C23H36ClN3O. The number of aryl methyl sites for hydroxylation is 3. The van der Waals surface area contributed by atoms with Gasteiger partial charge in [-0.1, -0.05) is 51.2 Å². The standard InChI is InChI=1S/C23H35N3O.ClH/c1-5-6-7-8-9-10-11-21-12-13-22(18(2)16-21)27-15-14-24-23-19(3)20(4)25-17-26-23;/h12-13,16-17H,5-11,14-15H2,1-4H3,(H,24,25,26);1H. The van der Waals surface area contributed by atoms with E-state index < -0.39 is 0 Å². The lowest BCUT2D eigenvalue weighted by Crippen LogP contribution is -2.14. The molecule has 0 fully saturated rings. The van der Waals surface area contributed by atoms with Crippen LogP contribution in [-0.2, 0) is 6.42 Å². The van der Waals surface area contributed by atoms with Gasteiger partial charge in [0, 0.05) is 11.3 Å². The Morgan fingerprint density at radius 1 is 0.964 bits per heavy atom. The van der Waals surface area contributed by atoms with Crippen LogP contribution in [0.5, 0.6) is 5.75 Å². The van der Waals surface area contributed by atoms with Crippen molar-refractivity contribution in [2.75, 3.05) is 18.5 Å². The topological polar surface area (TPSA) is 47.0 Å². The van der Waals surface area contributed by atoms with Crippen molar-refractivity contribution in [3.63, 3.8) is 0 Å². The van der Waals surface area contributed by atoms with E-state index >= 15 is 0 Å². The number of anilines is 1. The molecule has 2 rings (SSSR count). The number of aromatic nitrogens is 2. The lowest BCUT2D eigenvalue weighted by molar-refractivity contribution is 0.330. The highest BCUT2D eigenvalue weighted by Crippen LogP contribution is 2.21. The number of benzene rings is 1. The lowest BCUT2D eigenvalue weighted by atomic mass is 10.0. The monoisotopic (exact) mass is 405 g/mol. The third-order valence-electron chi connectivity index (χ3n) is 5.05. The fraction of sp³-hybridized carbons (Fsp3) is 0.565.